The number of piperidine rings is 1. The molecule has 1 unspecified atom stereocenters. The molecule has 1 aromatic rings. The van der Waals surface area contributed by atoms with Gasteiger partial charge in [-0.1, -0.05) is 35.0 Å². The quantitative estimate of drug-likeness (QED) is 0.918. The summed E-state index contributed by atoms with van der Waals surface area (Å²) in [6.07, 6.45) is 2.65. The lowest BCUT2D eigenvalue weighted by molar-refractivity contribution is 0.148. The minimum absolute atomic E-state index is 0.433. The van der Waals surface area contributed by atoms with E-state index in [9.17, 15) is 0 Å². The molecule has 1 N–H and O–H groups in total. The lowest BCUT2D eigenvalue weighted by Gasteiger charge is -2.37. The Morgan fingerprint density at radius 3 is 2.67 bits per heavy atom. The van der Waals surface area contributed by atoms with Crippen molar-refractivity contribution in [3.05, 3.63) is 34.3 Å². The standard InChI is InChI=1S/C15H23BrN2/c1-15(8-3-9-17-11-15)12-18(2)10-13-4-6-14(16)7-5-13/h4-7,17H,3,8-12H2,1-2H3. The van der Waals surface area contributed by atoms with E-state index >= 15 is 0 Å². The molecule has 100 valence electrons. The summed E-state index contributed by atoms with van der Waals surface area (Å²) in [7, 11) is 2.22. The average molecular weight is 311 g/mol. The first-order valence-corrected chi connectivity index (χ1v) is 7.50. The third-order valence-electron chi connectivity index (χ3n) is 3.70. The Labute approximate surface area is 119 Å². The van der Waals surface area contributed by atoms with Gasteiger partial charge in [0.15, 0.2) is 0 Å². The van der Waals surface area contributed by atoms with Gasteiger partial charge < -0.3 is 10.2 Å². The van der Waals surface area contributed by atoms with Crippen molar-refractivity contribution in [2.45, 2.75) is 26.3 Å². The lowest BCUT2D eigenvalue weighted by Crippen LogP contribution is -2.44. The van der Waals surface area contributed by atoms with E-state index < -0.39 is 0 Å². The first kappa shape index (κ1) is 14.0. The molecule has 1 atom stereocenters. The van der Waals surface area contributed by atoms with Crippen LogP contribution in [0.25, 0.3) is 0 Å². The minimum atomic E-state index is 0.433. The molecular formula is C15H23BrN2. The molecule has 2 nitrogen and oxygen atoms in total. The van der Waals surface area contributed by atoms with Crippen molar-refractivity contribution >= 4 is 15.9 Å². The van der Waals surface area contributed by atoms with Crippen LogP contribution in [-0.4, -0.2) is 31.6 Å². The number of halogens is 1. The number of nitrogens with zero attached hydrogens (tertiary/aromatic N) is 1. The topological polar surface area (TPSA) is 15.3 Å². The van der Waals surface area contributed by atoms with Gasteiger partial charge in [-0.15, -0.1) is 0 Å². The van der Waals surface area contributed by atoms with Gasteiger partial charge >= 0.3 is 0 Å². The monoisotopic (exact) mass is 310 g/mol. The molecule has 18 heavy (non-hydrogen) atoms. The molecule has 1 aliphatic rings. The van der Waals surface area contributed by atoms with E-state index in [1.54, 1.807) is 0 Å². The molecule has 1 saturated heterocycles. The maximum absolute atomic E-state index is 3.52. The van der Waals surface area contributed by atoms with Gasteiger partial charge in [0, 0.05) is 24.1 Å². The van der Waals surface area contributed by atoms with Gasteiger partial charge in [-0.3, -0.25) is 0 Å². The summed E-state index contributed by atoms with van der Waals surface area (Å²) in [5, 5.41) is 3.52. The van der Waals surface area contributed by atoms with Gasteiger partial charge in [-0.05, 0) is 49.5 Å². The van der Waals surface area contributed by atoms with E-state index in [1.165, 1.54) is 24.9 Å². The lowest BCUT2D eigenvalue weighted by atomic mass is 9.82. The molecule has 0 spiro atoms. The van der Waals surface area contributed by atoms with Crippen LogP contribution < -0.4 is 5.32 Å². The largest absolute Gasteiger partial charge is 0.316 e. The maximum Gasteiger partial charge on any atom is 0.0230 e. The molecule has 0 aromatic heterocycles. The van der Waals surface area contributed by atoms with Gasteiger partial charge in [-0.2, -0.15) is 0 Å². The fourth-order valence-electron chi connectivity index (χ4n) is 2.86. The zero-order valence-corrected chi connectivity index (χ0v) is 13.0. The predicted octanol–water partition coefficient (Wildman–Crippen LogP) is 3.27. The van der Waals surface area contributed by atoms with Crippen molar-refractivity contribution in [2.24, 2.45) is 5.41 Å². The fourth-order valence-corrected chi connectivity index (χ4v) is 3.13. The Morgan fingerprint density at radius 2 is 2.06 bits per heavy atom. The van der Waals surface area contributed by atoms with Crippen LogP contribution in [0, 0.1) is 5.41 Å². The first-order chi connectivity index (χ1) is 8.57. The van der Waals surface area contributed by atoms with Crippen LogP contribution >= 0.6 is 15.9 Å². The molecule has 1 heterocycles. The van der Waals surface area contributed by atoms with Gasteiger partial charge in [-0.25, -0.2) is 0 Å². The smallest absolute Gasteiger partial charge is 0.0230 e. The SMILES string of the molecule is CN(Cc1ccc(Br)cc1)CC1(C)CCCNC1. The van der Waals surface area contributed by atoms with Gasteiger partial charge in [0.05, 0.1) is 0 Å². The van der Waals surface area contributed by atoms with Crippen LogP contribution in [0.1, 0.15) is 25.3 Å². The highest BCUT2D eigenvalue weighted by Gasteiger charge is 2.27. The van der Waals surface area contributed by atoms with E-state index in [2.05, 4.69) is 64.4 Å². The summed E-state index contributed by atoms with van der Waals surface area (Å²) < 4.78 is 1.15. The second kappa shape index (κ2) is 6.18. The van der Waals surface area contributed by atoms with Crippen LogP contribution in [-0.2, 0) is 6.54 Å². The van der Waals surface area contributed by atoms with Gasteiger partial charge in [0.1, 0.15) is 0 Å². The molecule has 0 amide bonds. The number of benzene rings is 1. The first-order valence-electron chi connectivity index (χ1n) is 6.71. The molecule has 3 heteroatoms. The van der Waals surface area contributed by atoms with Crippen LogP contribution in [0.2, 0.25) is 0 Å². The van der Waals surface area contributed by atoms with Crippen molar-refractivity contribution in [3.8, 4) is 0 Å². The highest BCUT2D eigenvalue weighted by Crippen LogP contribution is 2.26. The van der Waals surface area contributed by atoms with Crippen molar-refractivity contribution in [3.63, 3.8) is 0 Å². The highest BCUT2D eigenvalue weighted by molar-refractivity contribution is 9.10. The fraction of sp³-hybridized carbons (Fsp3) is 0.600. The Balaban J connectivity index is 1.87. The second-order valence-corrected chi connectivity index (χ2v) is 6.81. The van der Waals surface area contributed by atoms with Crippen LogP contribution in [0.5, 0.6) is 0 Å². The van der Waals surface area contributed by atoms with Crippen molar-refractivity contribution < 1.29 is 0 Å². The molecule has 0 radical (unpaired) electrons. The zero-order valence-electron chi connectivity index (χ0n) is 11.4. The van der Waals surface area contributed by atoms with Crippen molar-refractivity contribution in [2.75, 3.05) is 26.7 Å². The predicted molar refractivity (Wildman–Crippen MR) is 80.7 cm³/mol. The van der Waals surface area contributed by atoms with Crippen LogP contribution in [0.3, 0.4) is 0 Å². The van der Waals surface area contributed by atoms with E-state index in [0.717, 1.165) is 24.1 Å². The summed E-state index contributed by atoms with van der Waals surface area (Å²) in [6.45, 7) is 6.93. The molecular weight excluding hydrogens is 288 g/mol. The Hall–Kier alpha value is -0.380. The Bertz CT molecular complexity index is 369. The van der Waals surface area contributed by atoms with E-state index in [4.69, 9.17) is 0 Å². The molecule has 1 aromatic carbocycles. The van der Waals surface area contributed by atoms with Gasteiger partial charge in [0.2, 0.25) is 0 Å². The third kappa shape index (κ3) is 4.08. The molecule has 2 rings (SSSR count). The van der Waals surface area contributed by atoms with E-state index in [1.807, 2.05) is 0 Å². The number of hydrogen-bond donors (Lipinski definition) is 1. The van der Waals surface area contributed by atoms with Crippen molar-refractivity contribution in [1.29, 1.82) is 0 Å². The highest BCUT2D eigenvalue weighted by atomic mass is 79.9. The van der Waals surface area contributed by atoms with Gasteiger partial charge in [0.25, 0.3) is 0 Å². The number of hydrogen-bond acceptors (Lipinski definition) is 2. The second-order valence-electron chi connectivity index (χ2n) is 5.89. The number of rotatable bonds is 4. The minimum Gasteiger partial charge on any atom is -0.316 e. The summed E-state index contributed by atoms with van der Waals surface area (Å²) >= 11 is 3.48. The molecule has 1 aliphatic heterocycles. The molecule has 0 bridgehead atoms. The van der Waals surface area contributed by atoms with Crippen molar-refractivity contribution in [1.82, 2.24) is 10.2 Å². The van der Waals surface area contributed by atoms with E-state index in [-0.39, 0.29) is 0 Å². The summed E-state index contributed by atoms with van der Waals surface area (Å²) in [6, 6.07) is 8.63. The van der Waals surface area contributed by atoms with E-state index in [0.29, 0.717) is 5.41 Å². The third-order valence-corrected chi connectivity index (χ3v) is 4.23. The van der Waals surface area contributed by atoms with Crippen LogP contribution in [0.4, 0.5) is 0 Å². The molecule has 0 saturated carbocycles. The normalized spacial score (nSPS) is 24.4. The molecule has 1 fully saturated rings. The molecule has 0 aliphatic carbocycles. The maximum atomic E-state index is 3.52. The van der Waals surface area contributed by atoms with Crippen LogP contribution in [0.15, 0.2) is 28.7 Å². The number of nitrogens with one attached hydrogen (secondary N) is 1. The zero-order chi connectivity index (χ0) is 13.0. The Kier molecular flexibility index (Phi) is 4.82. The summed E-state index contributed by atoms with van der Waals surface area (Å²) in [5.41, 5.74) is 1.82. The summed E-state index contributed by atoms with van der Waals surface area (Å²) in [4.78, 5) is 2.44. The Morgan fingerprint density at radius 1 is 1.33 bits per heavy atom. The average Bonchev–Trinajstić information content (AvgIpc) is 2.32. The summed E-state index contributed by atoms with van der Waals surface area (Å²) in [5.74, 6) is 0.